The standard InChI is InChI=1S/C12H6Cl3FI3N3/c13-12(14,15)10-21-8(5-11(17,18)19)20-9(22-10)6-1-3-7(16)4-2-6/h1-4H,5H2. The van der Waals surface area contributed by atoms with Gasteiger partial charge in [0.2, 0.25) is 3.79 Å². The Balaban J connectivity index is 2.53. The second-order valence-corrected chi connectivity index (χ2v) is 18.2. The van der Waals surface area contributed by atoms with Crippen LogP contribution in [0.1, 0.15) is 11.6 Å². The highest BCUT2D eigenvalue weighted by molar-refractivity contribution is 14.3. The van der Waals surface area contributed by atoms with Gasteiger partial charge in [-0.1, -0.05) is 103 Å². The maximum atomic E-state index is 13.1. The average Bonchev–Trinajstić information content (AvgIpc) is 2.36. The molecule has 1 heterocycles. The Hall–Kier alpha value is 1.22. The van der Waals surface area contributed by atoms with Gasteiger partial charge in [0.25, 0.3) is 0 Å². The van der Waals surface area contributed by atoms with Crippen LogP contribution in [0.15, 0.2) is 24.3 Å². The van der Waals surface area contributed by atoms with Crippen LogP contribution < -0.4 is 0 Å². The average molecular weight is 698 g/mol. The number of alkyl halides is 6. The van der Waals surface area contributed by atoms with Crippen LogP contribution in [0, 0.1) is 5.82 Å². The summed E-state index contributed by atoms with van der Waals surface area (Å²) in [6.45, 7) is 0. The summed E-state index contributed by atoms with van der Waals surface area (Å²) >= 11 is 24.5. The molecule has 0 saturated heterocycles. The molecule has 2 aromatic rings. The molecule has 0 atom stereocenters. The first kappa shape index (κ1) is 19.5. The molecule has 3 nitrogen and oxygen atoms in total. The third kappa shape index (κ3) is 5.94. The fourth-order valence-electron chi connectivity index (χ4n) is 1.53. The lowest BCUT2D eigenvalue weighted by molar-refractivity contribution is 0.628. The minimum absolute atomic E-state index is 0.0512. The predicted molar refractivity (Wildman–Crippen MR) is 113 cm³/mol. The van der Waals surface area contributed by atoms with Gasteiger partial charge in [0, 0.05) is 12.0 Å². The monoisotopic (exact) mass is 697 g/mol. The van der Waals surface area contributed by atoms with Gasteiger partial charge in [-0.15, -0.1) is 0 Å². The van der Waals surface area contributed by atoms with Crippen molar-refractivity contribution in [2.75, 3.05) is 0 Å². The number of hydrogen-bond donors (Lipinski definition) is 0. The third-order valence-corrected chi connectivity index (χ3v) is 4.05. The van der Waals surface area contributed by atoms with E-state index in [4.69, 9.17) is 34.8 Å². The van der Waals surface area contributed by atoms with Gasteiger partial charge < -0.3 is 0 Å². The van der Waals surface area contributed by atoms with E-state index < -0.39 is 3.79 Å². The quantitative estimate of drug-likeness (QED) is 0.292. The summed E-state index contributed by atoms with van der Waals surface area (Å²) in [5, 5.41) is 0. The molecule has 0 unspecified atom stereocenters. The molecule has 0 N–H and O–H groups in total. The first-order chi connectivity index (χ1) is 10.0. The normalized spacial score (nSPS) is 12.5. The molecule has 1 aromatic heterocycles. The van der Waals surface area contributed by atoms with Crippen molar-refractivity contribution in [1.82, 2.24) is 15.0 Å². The molecule has 0 spiro atoms. The number of hydrogen-bond acceptors (Lipinski definition) is 3. The smallest absolute Gasteiger partial charge is 0.213 e. The van der Waals surface area contributed by atoms with Crippen molar-refractivity contribution in [3.05, 3.63) is 41.7 Å². The third-order valence-electron chi connectivity index (χ3n) is 2.40. The second-order valence-electron chi connectivity index (χ2n) is 4.20. The summed E-state index contributed by atoms with van der Waals surface area (Å²) in [4.78, 5) is 12.8. The molecule has 10 heteroatoms. The van der Waals surface area contributed by atoms with Crippen molar-refractivity contribution in [3.63, 3.8) is 0 Å². The molecule has 0 saturated carbocycles. The largest absolute Gasteiger partial charge is 0.250 e. The van der Waals surface area contributed by atoms with Gasteiger partial charge in [0.1, 0.15) is 11.1 Å². The summed E-state index contributed by atoms with van der Waals surface area (Å²) in [7, 11) is 0. The zero-order valence-corrected chi connectivity index (χ0v) is 19.2. The first-order valence-electron chi connectivity index (χ1n) is 5.69. The van der Waals surface area contributed by atoms with Crippen LogP contribution in [0.3, 0.4) is 0 Å². The highest BCUT2D eigenvalue weighted by Crippen LogP contribution is 2.40. The van der Waals surface area contributed by atoms with Gasteiger partial charge in [-0.05, 0) is 24.3 Å². The van der Waals surface area contributed by atoms with E-state index in [1.54, 1.807) is 12.1 Å². The molecule has 0 fully saturated rings. The van der Waals surface area contributed by atoms with E-state index in [1.165, 1.54) is 12.1 Å². The number of nitrogens with zero attached hydrogens (tertiary/aromatic N) is 3. The van der Waals surface area contributed by atoms with Gasteiger partial charge in [0.05, 0.1) is 0 Å². The van der Waals surface area contributed by atoms with Crippen LogP contribution in [0.2, 0.25) is 0 Å². The summed E-state index contributed by atoms with van der Waals surface area (Å²) in [5.74, 6) is 0.564. The number of halogens is 7. The summed E-state index contributed by atoms with van der Waals surface area (Å²) < 4.78 is 11.2. The van der Waals surface area contributed by atoms with Crippen LogP contribution in [0.5, 0.6) is 0 Å². The molecule has 0 aliphatic heterocycles. The van der Waals surface area contributed by atoms with E-state index >= 15 is 0 Å². The number of rotatable bonds is 3. The minimum atomic E-state index is -1.75. The highest BCUT2D eigenvalue weighted by Gasteiger charge is 2.30. The molecular weight excluding hydrogens is 692 g/mol. The van der Waals surface area contributed by atoms with Gasteiger partial charge in [-0.3, -0.25) is 0 Å². The Morgan fingerprint density at radius 2 is 1.55 bits per heavy atom. The van der Waals surface area contributed by atoms with Crippen molar-refractivity contribution in [2.24, 2.45) is 0 Å². The SMILES string of the molecule is Fc1ccc(-c2nc(CC(I)(I)I)nc(C(Cl)(Cl)Cl)n2)cc1. The van der Waals surface area contributed by atoms with E-state index in [2.05, 4.69) is 82.7 Å². The van der Waals surface area contributed by atoms with Crippen LogP contribution in [-0.4, -0.2) is 14.4 Å². The summed E-state index contributed by atoms with van der Waals surface area (Å²) in [6, 6.07) is 5.80. The summed E-state index contributed by atoms with van der Waals surface area (Å²) in [6.07, 6.45) is 0.555. The maximum absolute atomic E-state index is 13.1. The van der Waals surface area contributed by atoms with Gasteiger partial charge in [-0.25, -0.2) is 19.3 Å². The zero-order valence-electron chi connectivity index (χ0n) is 10.5. The van der Waals surface area contributed by atoms with Crippen molar-refractivity contribution in [1.29, 1.82) is 0 Å². The molecule has 0 bridgehead atoms. The molecule has 0 aliphatic rings. The maximum Gasteiger partial charge on any atom is 0.250 e. The molecule has 118 valence electrons. The molecule has 2 rings (SSSR count). The Morgan fingerprint density at radius 1 is 0.955 bits per heavy atom. The van der Waals surface area contributed by atoms with Crippen LogP contribution in [0.4, 0.5) is 4.39 Å². The van der Waals surface area contributed by atoms with Gasteiger partial charge in [-0.2, -0.15) is 0 Å². The van der Waals surface area contributed by atoms with Crippen LogP contribution in [-0.2, 0) is 10.2 Å². The zero-order chi connectivity index (χ0) is 16.5. The Bertz CT molecular complexity index is 672. The van der Waals surface area contributed by atoms with E-state index in [0.29, 0.717) is 23.6 Å². The number of aromatic nitrogens is 3. The van der Waals surface area contributed by atoms with E-state index in [-0.39, 0.29) is 11.1 Å². The second kappa shape index (κ2) is 7.63. The van der Waals surface area contributed by atoms with Crippen LogP contribution in [0.25, 0.3) is 11.4 Å². The lowest BCUT2D eigenvalue weighted by Gasteiger charge is -2.15. The topological polar surface area (TPSA) is 38.7 Å². The van der Waals surface area contributed by atoms with E-state index in [9.17, 15) is 4.39 Å². The molecule has 0 radical (unpaired) electrons. The van der Waals surface area contributed by atoms with Crippen molar-refractivity contribution in [2.45, 2.75) is 9.65 Å². The first-order valence-corrected chi connectivity index (χ1v) is 10.1. The van der Waals surface area contributed by atoms with Crippen molar-refractivity contribution in [3.8, 4) is 11.4 Å². The molecule has 22 heavy (non-hydrogen) atoms. The highest BCUT2D eigenvalue weighted by atomic mass is 127. The Labute approximate surface area is 182 Å². The van der Waals surface area contributed by atoms with E-state index in [1.807, 2.05) is 0 Å². The van der Waals surface area contributed by atoms with Gasteiger partial charge in [0.15, 0.2) is 11.6 Å². The predicted octanol–water partition coefficient (Wildman–Crippen LogP) is 6.01. The lowest BCUT2D eigenvalue weighted by atomic mass is 10.2. The molecule has 1 aromatic carbocycles. The Morgan fingerprint density at radius 3 is 2.05 bits per heavy atom. The fourth-order valence-corrected chi connectivity index (χ4v) is 2.81. The summed E-state index contributed by atoms with van der Waals surface area (Å²) in [5.41, 5.74) is 0.626. The van der Waals surface area contributed by atoms with Crippen molar-refractivity contribution < 1.29 is 4.39 Å². The van der Waals surface area contributed by atoms with Gasteiger partial charge >= 0.3 is 0 Å². The number of benzene rings is 1. The fraction of sp³-hybridized carbons (Fsp3) is 0.250. The molecular formula is C12H6Cl3FI3N3. The molecule has 0 aliphatic carbocycles. The van der Waals surface area contributed by atoms with Crippen molar-refractivity contribution >= 4 is 103 Å². The van der Waals surface area contributed by atoms with E-state index in [0.717, 1.165) is 0 Å². The molecule has 0 amide bonds. The minimum Gasteiger partial charge on any atom is -0.213 e. The van der Waals surface area contributed by atoms with Crippen LogP contribution >= 0.6 is 103 Å². The lowest BCUT2D eigenvalue weighted by Crippen LogP contribution is -2.16. The Kier molecular flexibility index (Phi) is 6.78.